The zero-order chi connectivity index (χ0) is 17.8. The van der Waals surface area contributed by atoms with Gasteiger partial charge < -0.3 is 5.73 Å². The molecular weight excluding hydrogens is 351 g/mol. The maximum Gasteiger partial charge on any atom is 0.416 e. The van der Waals surface area contributed by atoms with Gasteiger partial charge in [-0.2, -0.15) is 18.2 Å². The van der Waals surface area contributed by atoms with Crippen molar-refractivity contribution in [3.8, 4) is 0 Å². The number of anilines is 2. The van der Waals surface area contributed by atoms with Gasteiger partial charge >= 0.3 is 6.18 Å². The number of nitrogens with one attached hydrogen (secondary N) is 1. The van der Waals surface area contributed by atoms with Crippen molar-refractivity contribution in [2.24, 2.45) is 0 Å². The summed E-state index contributed by atoms with van der Waals surface area (Å²) in [6.07, 6.45) is -3.45. The Morgan fingerprint density at radius 2 is 2.16 bits per heavy atom. The summed E-state index contributed by atoms with van der Waals surface area (Å²) in [7, 11) is 0. The molecule has 0 saturated heterocycles. The molecule has 5 nitrogen and oxygen atoms in total. The summed E-state index contributed by atoms with van der Waals surface area (Å²) in [5.74, 6) is 1.75. The van der Waals surface area contributed by atoms with Gasteiger partial charge in [-0.05, 0) is 36.6 Å². The number of hydrogen-bond donors (Lipinski definition) is 2. The molecule has 0 radical (unpaired) electrons. The van der Waals surface area contributed by atoms with Crippen LogP contribution in [0.4, 0.5) is 24.9 Å². The highest BCUT2D eigenvalue weighted by atomic mass is 32.2. The van der Waals surface area contributed by atoms with Crippen molar-refractivity contribution in [3.05, 3.63) is 40.5 Å². The van der Waals surface area contributed by atoms with E-state index in [-0.39, 0.29) is 18.5 Å². The van der Waals surface area contributed by atoms with E-state index < -0.39 is 11.7 Å². The van der Waals surface area contributed by atoms with Crippen LogP contribution >= 0.6 is 11.8 Å². The third-order valence-electron chi connectivity index (χ3n) is 4.47. The van der Waals surface area contributed by atoms with Gasteiger partial charge in [0.05, 0.1) is 18.2 Å². The average molecular weight is 367 g/mol. The van der Waals surface area contributed by atoms with E-state index in [1.54, 1.807) is 23.7 Å². The van der Waals surface area contributed by atoms with Gasteiger partial charge in [0.1, 0.15) is 5.03 Å². The molecule has 0 saturated carbocycles. The van der Waals surface area contributed by atoms with E-state index in [0.29, 0.717) is 11.4 Å². The first-order valence-electron chi connectivity index (χ1n) is 7.83. The van der Waals surface area contributed by atoms with Crippen LogP contribution in [0.1, 0.15) is 34.7 Å². The molecular formula is C16H16F3N5S. The average Bonchev–Trinajstić information content (AvgIpc) is 2.87. The van der Waals surface area contributed by atoms with Crippen molar-refractivity contribution >= 4 is 23.5 Å². The van der Waals surface area contributed by atoms with Gasteiger partial charge in [0.2, 0.25) is 5.95 Å². The number of hydrogen-bond acceptors (Lipinski definition) is 6. The Morgan fingerprint density at radius 3 is 2.92 bits per heavy atom. The van der Waals surface area contributed by atoms with E-state index in [9.17, 15) is 13.2 Å². The standard InChI is InChI=1S/C16H16F3N5S/c1-8-2-3-10(16(17,18)19)6-9(8)7-24-13-12-11(23-24)4-5-25-14(12)22-15(20)21-13/h2-3,6,11,23H,4-5,7H2,1H3,(H2,20,21,22). The number of nitrogen functional groups attached to an aromatic ring is 1. The Bertz CT molecular complexity index is 839. The zero-order valence-corrected chi connectivity index (χ0v) is 14.2. The minimum absolute atomic E-state index is 0.0814. The minimum atomic E-state index is -4.36. The van der Waals surface area contributed by atoms with Gasteiger partial charge in [-0.25, -0.2) is 10.4 Å². The lowest BCUT2D eigenvalue weighted by molar-refractivity contribution is -0.137. The van der Waals surface area contributed by atoms with Gasteiger partial charge in [0.15, 0.2) is 5.82 Å². The van der Waals surface area contributed by atoms with E-state index in [4.69, 9.17) is 5.73 Å². The zero-order valence-electron chi connectivity index (χ0n) is 13.4. The van der Waals surface area contributed by atoms with Crippen LogP contribution < -0.4 is 16.2 Å². The summed E-state index contributed by atoms with van der Waals surface area (Å²) in [5, 5.41) is 2.64. The number of aromatic nitrogens is 2. The van der Waals surface area contributed by atoms with Crippen LogP contribution in [0.15, 0.2) is 23.2 Å². The molecule has 3 N–H and O–H groups in total. The van der Waals surface area contributed by atoms with E-state index in [1.165, 1.54) is 12.1 Å². The molecule has 9 heteroatoms. The molecule has 0 aliphatic carbocycles. The van der Waals surface area contributed by atoms with Crippen LogP contribution in [-0.2, 0) is 12.7 Å². The molecule has 25 heavy (non-hydrogen) atoms. The summed E-state index contributed by atoms with van der Waals surface area (Å²) in [6, 6.07) is 3.89. The molecule has 0 fully saturated rings. The SMILES string of the molecule is Cc1ccc(C(F)(F)F)cc1CN1NC2CCSc3nc(N)nc1c32. The van der Waals surface area contributed by atoms with Crippen molar-refractivity contribution in [1.29, 1.82) is 0 Å². The van der Waals surface area contributed by atoms with Crippen molar-refractivity contribution < 1.29 is 13.2 Å². The predicted molar refractivity (Wildman–Crippen MR) is 90.0 cm³/mol. The summed E-state index contributed by atoms with van der Waals surface area (Å²) in [6.45, 7) is 2.08. The van der Waals surface area contributed by atoms with Gasteiger partial charge in [-0.15, -0.1) is 11.8 Å². The Kier molecular flexibility index (Phi) is 3.80. The molecule has 132 valence electrons. The number of benzene rings is 1. The van der Waals surface area contributed by atoms with Gasteiger partial charge in [-0.1, -0.05) is 6.07 Å². The topological polar surface area (TPSA) is 67.1 Å². The first-order chi connectivity index (χ1) is 11.8. The largest absolute Gasteiger partial charge is 0.416 e. The molecule has 2 aliphatic rings. The van der Waals surface area contributed by atoms with Gasteiger partial charge in [0, 0.05) is 11.3 Å². The molecule has 2 aliphatic heterocycles. The summed E-state index contributed by atoms with van der Waals surface area (Å²) in [5.41, 5.74) is 10.9. The van der Waals surface area contributed by atoms with Crippen LogP contribution in [0.25, 0.3) is 0 Å². The van der Waals surface area contributed by atoms with Crippen LogP contribution in [0, 0.1) is 6.92 Å². The van der Waals surface area contributed by atoms with Crippen molar-refractivity contribution in [1.82, 2.24) is 15.4 Å². The minimum Gasteiger partial charge on any atom is -0.368 e. The molecule has 0 spiro atoms. The molecule has 1 aromatic carbocycles. The van der Waals surface area contributed by atoms with Crippen LogP contribution in [0.2, 0.25) is 0 Å². The molecule has 0 amide bonds. The summed E-state index contributed by atoms with van der Waals surface area (Å²) in [4.78, 5) is 8.60. The Morgan fingerprint density at radius 1 is 1.36 bits per heavy atom. The fourth-order valence-electron chi connectivity index (χ4n) is 3.18. The highest BCUT2D eigenvalue weighted by Crippen LogP contribution is 2.44. The van der Waals surface area contributed by atoms with Crippen molar-refractivity contribution in [2.75, 3.05) is 16.5 Å². The number of thioether (sulfide) groups is 1. The maximum absolute atomic E-state index is 13.0. The summed E-state index contributed by atoms with van der Waals surface area (Å²) < 4.78 is 39.0. The molecule has 3 heterocycles. The normalized spacial score (nSPS) is 19.2. The van der Waals surface area contributed by atoms with Gasteiger partial charge in [-0.3, -0.25) is 5.01 Å². The number of alkyl halides is 3. The molecule has 4 rings (SSSR count). The number of hydrazine groups is 1. The van der Waals surface area contributed by atoms with E-state index in [0.717, 1.165) is 34.4 Å². The quantitative estimate of drug-likeness (QED) is 0.793. The first kappa shape index (κ1) is 16.5. The van der Waals surface area contributed by atoms with Crippen LogP contribution in [0.3, 0.4) is 0 Å². The van der Waals surface area contributed by atoms with Crippen molar-refractivity contribution in [3.63, 3.8) is 0 Å². The number of nitrogens with two attached hydrogens (primary N) is 1. The van der Waals surface area contributed by atoms with Crippen LogP contribution in [-0.4, -0.2) is 15.7 Å². The smallest absolute Gasteiger partial charge is 0.368 e. The third kappa shape index (κ3) is 2.91. The molecule has 0 bridgehead atoms. The molecule has 1 aromatic heterocycles. The Hall–Kier alpha value is -2.00. The maximum atomic E-state index is 13.0. The second kappa shape index (κ2) is 5.77. The molecule has 1 unspecified atom stereocenters. The Balaban J connectivity index is 1.70. The fraction of sp³-hybridized carbons (Fsp3) is 0.375. The highest BCUT2D eigenvalue weighted by molar-refractivity contribution is 7.99. The number of nitrogens with zero attached hydrogens (tertiary/aromatic N) is 3. The monoisotopic (exact) mass is 367 g/mol. The number of halogens is 3. The number of rotatable bonds is 2. The number of aryl methyl sites for hydroxylation is 1. The third-order valence-corrected chi connectivity index (χ3v) is 5.50. The Labute approximate surface area is 146 Å². The van der Waals surface area contributed by atoms with Crippen molar-refractivity contribution in [2.45, 2.75) is 37.1 Å². The van der Waals surface area contributed by atoms with E-state index in [2.05, 4.69) is 15.4 Å². The molecule has 2 aromatic rings. The van der Waals surface area contributed by atoms with E-state index >= 15 is 0 Å². The lowest BCUT2D eigenvalue weighted by Gasteiger charge is -2.22. The highest BCUT2D eigenvalue weighted by Gasteiger charge is 2.36. The second-order valence-corrected chi connectivity index (χ2v) is 7.25. The van der Waals surface area contributed by atoms with Crippen LogP contribution in [0.5, 0.6) is 0 Å². The van der Waals surface area contributed by atoms with Gasteiger partial charge in [0.25, 0.3) is 0 Å². The predicted octanol–water partition coefficient (Wildman–Crippen LogP) is 3.45. The van der Waals surface area contributed by atoms with E-state index in [1.807, 2.05) is 0 Å². The first-order valence-corrected chi connectivity index (χ1v) is 8.82. The lowest BCUT2D eigenvalue weighted by atomic mass is 10.0. The second-order valence-electron chi connectivity index (χ2n) is 6.17. The summed E-state index contributed by atoms with van der Waals surface area (Å²) >= 11 is 1.63. The molecule has 1 atom stereocenters. The lowest BCUT2D eigenvalue weighted by Crippen LogP contribution is -2.35. The fourth-order valence-corrected chi connectivity index (χ4v) is 4.27.